The van der Waals surface area contributed by atoms with Crippen LogP contribution in [0.1, 0.15) is 17.4 Å². The highest BCUT2D eigenvalue weighted by Crippen LogP contribution is 2.41. The van der Waals surface area contributed by atoms with Gasteiger partial charge in [-0.1, -0.05) is 24.3 Å². The zero-order chi connectivity index (χ0) is 19.3. The molecule has 5 rings (SSSR count). The number of carbonyl (C=O) groups excluding carboxylic acids is 1. The number of hydrogen-bond donors (Lipinski definition) is 1. The molecule has 6 heteroatoms. The summed E-state index contributed by atoms with van der Waals surface area (Å²) in [5, 5.41) is 1.06. The summed E-state index contributed by atoms with van der Waals surface area (Å²) in [7, 11) is 2.01. The van der Waals surface area contributed by atoms with Gasteiger partial charge < -0.3 is 23.8 Å². The Kier molecular flexibility index (Phi) is 3.79. The minimum Gasteiger partial charge on any atom is -0.486 e. The van der Waals surface area contributed by atoms with E-state index in [4.69, 9.17) is 14.2 Å². The topological polar surface area (TPSA) is 65.5 Å². The number of hydrogen-bond acceptors (Lipinski definition) is 4. The highest BCUT2D eigenvalue weighted by Gasteiger charge is 2.25. The number of carbonyl (C=O) groups is 1. The van der Waals surface area contributed by atoms with Gasteiger partial charge in [0.05, 0.1) is 23.2 Å². The van der Waals surface area contributed by atoms with Crippen LogP contribution in [0.5, 0.6) is 11.5 Å². The van der Waals surface area contributed by atoms with Gasteiger partial charge in [0.1, 0.15) is 18.9 Å². The Labute approximate surface area is 161 Å². The first kappa shape index (κ1) is 16.7. The molecule has 0 unspecified atom stereocenters. The molecule has 2 aromatic heterocycles. The average molecular weight is 376 g/mol. The van der Waals surface area contributed by atoms with Crippen molar-refractivity contribution in [3.05, 3.63) is 48.2 Å². The zero-order valence-corrected chi connectivity index (χ0v) is 15.7. The largest absolute Gasteiger partial charge is 0.486 e. The lowest BCUT2D eigenvalue weighted by molar-refractivity contribution is 0.0521. The number of aryl methyl sites for hydroxylation is 1. The number of aromatic amines is 1. The van der Waals surface area contributed by atoms with Crippen LogP contribution in [0.4, 0.5) is 0 Å². The molecule has 0 saturated heterocycles. The Balaban J connectivity index is 1.82. The summed E-state index contributed by atoms with van der Waals surface area (Å²) in [5.74, 6) is 1.04. The van der Waals surface area contributed by atoms with Gasteiger partial charge in [-0.05, 0) is 30.7 Å². The smallest absolute Gasteiger partial charge is 0.355 e. The molecule has 142 valence electrons. The number of benzene rings is 2. The molecule has 2 aromatic carbocycles. The van der Waals surface area contributed by atoms with Crippen molar-refractivity contribution >= 4 is 27.9 Å². The summed E-state index contributed by atoms with van der Waals surface area (Å²) in [5.41, 5.74) is 5.11. The van der Waals surface area contributed by atoms with Gasteiger partial charge in [-0.3, -0.25) is 0 Å². The summed E-state index contributed by atoms with van der Waals surface area (Å²) < 4.78 is 18.8. The SMILES string of the molecule is CCOC(=O)c1[nH]c2c3ccccc3n(C)c2c1-c1ccc2c(c1)OCCO2. The molecule has 0 fully saturated rings. The van der Waals surface area contributed by atoms with Crippen LogP contribution in [0.3, 0.4) is 0 Å². The van der Waals surface area contributed by atoms with Gasteiger partial charge in [0.15, 0.2) is 11.5 Å². The second kappa shape index (κ2) is 6.34. The number of nitrogens with one attached hydrogen (secondary N) is 1. The normalized spacial score (nSPS) is 13.2. The molecule has 0 saturated carbocycles. The zero-order valence-electron chi connectivity index (χ0n) is 15.7. The Bertz CT molecular complexity index is 1220. The maximum Gasteiger partial charge on any atom is 0.355 e. The number of para-hydroxylation sites is 1. The van der Waals surface area contributed by atoms with Crippen LogP contribution in [-0.4, -0.2) is 35.3 Å². The minimum atomic E-state index is -0.368. The molecule has 3 heterocycles. The fourth-order valence-electron chi connectivity index (χ4n) is 3.95. The van der Waals surface area contributed by atoms with Gasteiger partial charge in [-0.25, -0.2) is 4.79 Å². The number of esters is 1. The molecule has 1 aliphatic heterocycles. The quantitative estimate of drug-likeness (QED) is 0.542. The van der Waals surface area contributed by atoms with Gasteiger partial charge in [0.2, 0.25) is 0 Å². The van der Waals surface area contributed by atoms with Crippen LogP contribution in [0.15, 0.2) is 42.5 Å². The lowest BCUT2D eigenvalue weighted by Crippen LogP contribution is -2.15. The van der Waals surface area contributed by atoms with Crippen LogP contribution >= 0.6 is 0 Å². The first-order valence-corrected chi connectivity index (χ1v) is 9.35. The van der Waals surface area contributed by atoms with Gasteiger partial charge in [0.25, 0.3) is 0 Å². The molecule has 0 amide bonds. The van der Waals surface area contributed by atoms with Crippen molar-refractivity contribution in [1.82, 2.24) is 9.55 Å². The molecule has 4 aromatic rings. The molecule has 0 spiro atoms. The fraction of sp³-hybridized carbons (Fsp3) is 0.227. The Hall–Kier alpha value is -3.41. The minimum absolute atomic E-state index is 0.315. The molecule has 1 N–H and O–H groups in total. The monoisotopic (exact) mass is 376 g/mol. The van der Waals surface area contributed by atoms with Crippen LogP contribution < -0.4 is 9.47 Å². The van der Waals surface area contributed by atoms with Crippen molar-refractivity contribution in [3.63, 3.8) is 0 Å². The summed E-state index contributed by atoms with van der Waals surface area (Å²) in [4.78, 5) is 16.0. The average Bonchev–Trinajstić information content (AvgIpc) is 3.25. The maximum absolute atomic E-state index is 12.7. The lowest BCUT2D eigenvalue weighted by atomic mass is 10.0. The third kappa shape index (κ3) is 2.37. The maximum atomic E-state index is 12.7. The number of nitrogens with zero attached hydrogens (tertiary/aromatic N) is 1. The van der Waals surface area contributed by atoms with Gasteiger partial charge in [-0.15, -0.1) is 0 Å². The molecule has 6 nitrogen and oxygen atoms in total. The number of H-pyrrole nitrogens is 1. The van der Waals surface area contributed by atoms with Gasteiger partial charge in [0, 0.05) is 18.0 Å². The molecule has 1 aliphatic rings. The van der Waals surface area contributed by atoms with E-state index in [1.807, 2.05) is 37.4 Å². The van der Waals surface area contributed by atoms with E-state index in [0.29, 0.717) is 31.3 Å². The van der Waals surface area contributed by atoms with E-state index in [0.717, 1.165) is 38.8 Å². The van der Waals surface area contributed by atoms with Crippen LogP contribution in [-0.2, 0) is 11.8 Å². The summed E-state index contributed by atoms with van der Waals surface area (Å²) >= 11 is 0. The van der Waals surface area contributed by atoms with Gasteiger partial charge in [-0.2, -0.15) is 0 Å². The van der Waals surface area contributed by atoms with E-state index >= 15 is 0 Å². The van der Waals surface area contributed by atoms with E-state index in [-0.39, 0.29) is 5.97 Å². The van der Waals surface area contributed by atoms with Crippen molar-refractivity contribution in [1.29, 1.82) is 0 Å². The number of aromatic nitrogens is 2. The highest BCUT2D eigenvalue weighted by molar-refractivity contribution is 6.16. The van der Waals surface area contributed by atoms with Crippen molar-refractivity contribution in [3.8, 4) is 22.6 Å². The van der Waals surface area contributed by atoms with E-state index in [1.165, 1.54) is 0 Å². The summed E-state index contributed by atoms with van der Waals surface area (Å²) in [6.07, 6.45) is 0. The molecule has 0 aliphatic carbocycles. The first-order chi connectivity index (χ1) is 13.7. The van der Waals surface area contributed by atoms with Crippen molar-refractivity contribution in [2.75, 3.05) is 19.8 Å². The summed E-state index contributed by atoms with van der Waals surface area (Å²) in [6.45, 7) is 3.17. The number of fused-ring (bicyclic) bond motifs is 4. The second-order valence-electron chi connectivity index (χ2n) is 6.75. The molecular formula is C22H20N2O4. The van der Waals surface area contributed by atoms with Crippen molar-refractivity contribution in [2.45, 2.75) is 6.92 Å². The van der Waals surface area contributed by atoms with Gasteiger partial charge >= 0.3 is 5.97 Å². The Morgan fingerprint density at radius 2 is 1.93 bits per heavy atom. The van der Waals surface area contributed by atoms with E-state index in [2.05, 4.69) is 21.7 Å². The number of ether oxygens (including phenoxy) is 3. The fourth-order valence-corrected chi connectivity index (χ4v) is 3.95. The molecule has 0 radical (unpaired) electrons. The lowest BCUT2D eigenvalue weighted by Gasteiger charge is -2.19. The highest BCUT2D eigenvalue weighted by atomic mass is 16.6. The Morgan fingerprint density at radius 3 is 2.75 bits per heavy atom. The van der Waals surface area contributed by atoms with Crippen LogP contribution in [0.25, 0.3) is 33.1 Å². The van der Waals surface area contributed by atoms with E-state index in [9.17, 15) is 4.79 Å². The van der Waals surface area contributed by atoms with E-state index in [1.54, 1.807) is 6.92 Å². The predicted octanol–water partition coefficient (Wildman–Crippen LogP) is 4.27. The third-order valence-corrected chi connectivity index (χ3v) is 5.15. The summed E-state index contributed by atoms with van der Waals surface area (Å²) in [6, 6.07) is 13.9. The standard InChI is InChI=1S/C22H20N2O4/c1-3-26-22(25)20-18(13-8-9-16-17(12-13)28-11-10-27-16)21-19(23-20)14-6-4-5-7-15(14)24(21)2/h4-9,12,23H,3,10-11H2,1-2H3. The van der Waals surface area contributed by atoms with Crippen molar-refractivity contribution < 1.29 is 19.0 Å². The van der Waals surface area contributed by atoms with E-state index < -0.39 is 0 Å². The third-order valence-electron chi connectivity index (χ3n) is 5.15. The molecule has 0 bridgehead atoms. The number of rotatable bonds is 3. The van der Waals surface area contributed by atoms with Crippen molar-refractivity contribution in [2.24, 2.45) is 7.05 Å². The first-order valence-electron chi connectivity index (χ1n) is 9.35. The molecule has 28 heavy (non-hydrogen) atoms. The Morgan fingerprint density at radius 1 is 1.14 bits per heavy atom. The predicted molar refractivity (Wildman–Crippen MR) is 107 cm³/mol. The van der Waals surface area contributed by atoms with Crippen LogP contribution in [0.2, 0.25) is 0 Å². The molecule has 0 atom stereocenters. The molecular weight excluding hydrogens is 356 g/mol. The van der Waals surface area contributed by atoms with Crippen LogP contribution in [0, 0.1) is 0 Å². The second-order valence-corrected chi connectivity index (χ2v) is 6.75.